The summed E-state index contributed by atoms with van der Waals surface area (Å²) in [5.74, 6) is 0. The second-order valence-corrected chi connectivity index (χ2v) is 5.05. The van der Waals surface area contributed by atoms with Crippen molar-refractivity contribution in [3.63, 3.8) is 0 Å². The quantitative estimate of drug-likeness (QED) is 0.777. The lowest BCUT2D eigenvalue weighted by Gasteiger charge is -2.52. The number of aliphatic hydroxyl groups excluding tert-OH is 1. The molecule has 3 atom stereocenters. The lowest BCUT2D eigenvalue weighted by atomic mass is 9.63. The van der Waals surface area contributed by atoms with Crippen LogP contribution in [0, 0.1) is 5.41 Å². The van der Waals surface area contributed by atoms with Crippen LogP contribution >= 0.6 is 0 Å². The third-order valence-corrected chi connectivity index (χ3v) is 4.22. The second kappa shape index (κ2) is 4.40. The maximum absolute atomic E-state index is 9.76. The van der Waals surface area contributed by atoms with Crippen LogP contribution in [-0.2, 0) is 9.47 Å². The normalized spacial score (nSPS) is 42.6. The van der Waals surface area contributed by atoms with Crippen LogP contribution in [-0.4, -0.2) is 36.6 Å². The highest BCUT2D eigenvalue weighted by Crippen LogP contribution is 2.46. The molecule has 1 saturated carbocycles. The Labute approximate surface area is 91.8 Å². The van der Waals surface area contributed by atoms with E-state index in [9.17, 15) is 5.11 Å². The fourth-order valence-corrected chi connectivity index (χ4v) is 2.51. The monoisotopic (exact) mass is 214 g/mol. The summed E-state index contributed by atoms with van der Waals surface area (Å²) in [5, 5.41) is 9.76. The summed E-state index contributed by atoms with van der Waals surface area (Å²) in [6.07, 6.45) is 4.23. The van der Waals surface area contributed by atoms with Crippen LogP contribution in [0.5, 0.6) is 0 Å². The van der Waals surface area contributed by atoms with Crippen molar-refractivity contribution in [2.75, 3.05) is 13.2 Å². The molecule has 88 valence electrons. The lowest BCUT2D eigenvalue weighted by molar-refractivity contribution is -0.213. The largest absolute Gasteiger partial charge is 0.392 e. The minimum absolute atomic E-state index is 0.0156. The summed E-state index contributed by atoms with van der Waals surface area (Å²) in [5.41, 5.74) is -0.0156. The number of ether oxygens (including phenoxy) is 2. The lowest BCUT2D eigenvalue weighted by Crippen LogP contribution is -2.57. The summed E-state index contributed by atoms with van der Waals surface area (Å²) in [6.45, 7) is 5.90. The van der Waals surface area contributed by atoms with Crippen molar-refractivity contribution in [2.24, 2.45) is 5.41 Å². The van der Waals surface area contributed by atoms with E-state index in [0.717, 1.165) is 38.9 Å². The number of rotatable bonds is 3. The first-order valence-corrected chi connectivity index (χ1v) is 6.08. The third-order valence-electron chi connectivity index (χ3n) is 4.22. The zero-order valence-electron chi connectivity index (χ0n) is 9.74. The molecule has 0 aromatic rings. The Balaban J connectivity index is 1.84. The molecule has 0 bridgehead atoms. The highest BCUT2D eigenvalue weighted by molar-refractivity contribution is 5.00. The van der Waals surface area contributed by atoms with Crippen LogP contribution in [0.25, 0.3) is 0 Å². The van der Waals surface area contributed by atoms with Gasteiger partial charge in [-0.3, -0.25) is 0 Å². The molecule has 0 spiro atoms. The SMILES string of the molecule is CCC1(C)C(O)CC1OC1CCOCC1. The smallest absolute Gasteiger partial charge is 0.0681 e. The first-order chi connectivity index (χ1) is 7.16. The Hall–Kier alpha value is -0.120. The molecule has 15 heavy (non-hydrogen) atoms. The van der Waals surface area contributed by atoms with Gasteiger partial charge in [-0.05, 0) is 19.3 Å². The van der Waals surface area contributed by atoms with E-state index in [1.807, 2.05) is 0 Å². The van der Waals surface area contributed by atoms with E-state index in [1.165, 1.54) is 0 Å². The molecule has 0 amide bonds. The molecule has 1 aliphatic carbocycles. The minimum Gasteiger partial charge on any atom is -0.392 e. The van der Waals surface area contributed by atoms with E-state index < -0.39 is 0 Å². The zero-order valence-corrected chi connectivity index (χ0v) is 9.74. The molecule has 0 radical (unpaired) electrons. The van der Waals surface area contributed by atoms with E-state index in [1.54, 1.807) is 0 Å². The Morgan fingerprint density at radius 1 is 1.40 bits per heavy atom. The van der Waals surface area contributed by atoms with Gasteiger partial charge in [0.15, 0.2) is 0 Å². The summed E-state index contributed by atoms with van der Waals surface area (Å²) in [6, 6.07) is 0. The van der Waals surface area contributed by atoms with Gasteiger partial charge in [-0.1, -0.05) is 13.8 Å². The average molecular weight is 214 g/mol. The Bertz CT molecular complexity index is 213. The van der Waals surface area contributed by atoms with E-state index in [-0.39, 0.29) is 17.6 Å². The molecule has 1 N–H and O–H groups in total. The van der Waals surface area contributed by atoms with Crippen LogP contribution in [0.4, 0.5) is 0 Å². The Morgan fingerprint density at radius 3 is 2.60 bits per heavy atom. The topological polar surface area (TPSA) is 38.7 Å². The van der Waals surface area contributed by atoms with Gasteiger partial charge in [0.2, 0.25) is 0 Å². The van der Waals surface area contributed by atoms with Crippen molar-refractivity contribution < 1.29 is 14.6 Å². The molecule has 0 aromatic carbocycles. The van der Waals surface area contributed by atoms with Crippen molar-refractivity contribution in [2.45, 2.75) is 57.8 Å². The molecular formula is C12H22O3. The van der Waals surface area contributed by atoms with Crippen LogP contribution in [0.1, 0.15) is 39.5 Å². The molecule has 1 saturated heterocycles. The molecule has 1 heterocycles. The van der Waals surface area contributed by atoms with Gasteiger partial charge in [-0.25, -0.2) is 0 Å². The highest BCUT2D eigenvalue weighted by Gasteiger charge is 2.51. The van der Waals surface area contributed by atoms with Crippen LogP contribution in [0.2, 0.25) is 0 Å². The van der Waals surface area contributed by atoms with Gasteiger partial charge in [-0.15, -0.1) is 0 Å². The van der Waals surface area contributed by atoms with Gasteiger partial charge in [0.25, 0.3) is 0 Å². The molecule has 3 unspecified atom stereocenters. The maximum atomic E-state index is 9.76. The first kappa shape index (κ1) is 11.4. The van der Waals surface area contributed by atoms with Crippen molar-refractivity contribution in [1.82, 2.24) is 0 Å². The molecular weight excluding hydrogens is 192 g/mol. The number of hydrogen-bond acceptors (Lipinski definition) is 3. The molecule has 3 heteroatoms. The van der Waals surface area contributed by atoms with Gasteiger partial charge in [0.05, 0.1) is 18.3 Å². The summed E-state index contributed by atoms with van der Waals surface area (Å²) in [4.78, 5) is 0. The van der Waals surface area contributed by atoms with Gasteiger partial charge in [0.1, 0.15) is 0 Å². The third kappa shape index (κ3) is 2.05. The molecule has 2 aliphatic rings. The highest BCUT2D eigenvalue weighted by atomic mass is 16.5. The Kier molecular flexibility index (Phi) is 3.33. The maximum Gasteiger partial charge on any atom is 0.0681 e. The van der Waals surface area contributed by atoms with E-state index in [0.29, 0.717) is 6.10 Å². The Morgan fingerprint density at radius 2 is 2.07 bits per heavy atom. The van der Waals surface area contributed by atoms with E-state index >= 15 is 0 Å². The van der Waals surface area contributed by atoms with Gasteiger partial charge < -0.3 is 14.6 Å². The zero-order chi connectivity index (χ0) is 10.9. The summed E-state index contributed by atoms with van der Waals surface area (Å²) in [7, 11) is 0. The van der Waals surface area contributed by atoms with Crippen molar-refractivity contribution in [1.29, 1.82) is 0 Å². The van der Waals surface area contributed by atoms with Crippen molar-refractivity contribution in [3.05, 3.63) is 0 Å². The summed E-state index contributed by atoms with van der Waals surface area (Å²) >= 11 is 0. The molecule has 3 nitrogen and oxygen atoms in total. The van der Waals surface area contributed by atoms with Crippen molar-refractivity contribution in [3.8, 4) is 0 Å². The molecule has 0 aromatic heterocycles. The van der Waals surface area contributed by atoms with Crippen LogP contribution in [0.3, 0.4) is 0 Å². The van der Waals surface area contributed by atoms with E-state index in [4.69, 9.17) is 9.47 Å². The summed E-state index contributed by atoms with van der Waals surface area (Å²) < 4.78 is 11.4. The standard InChI is InChI=1S/C12H22O3/c1-3-12(2)10(13)8-11(12)15-9-4-6-14-7-5-9/h9-11,13H,3-8H2,1-2H3. The van der Waals surface area contributed by atoms with Gasteiger partial charge in [0, 0.05) is 25.0 Å². The number of hydrogen-bond donors (Lipinski definition) is 1. The molecule has 2 fully saturated rings. The molecule has 1 aliphatic heterocycles. The van der Waals surface area contributed by atoms with E-state index in [2.05, 4.69) is 13.8 Å². The fourth-order valence-electron chi connectivity index (χ4n) is 2.51. The predicted molar refractivity (Wildman–Crippen MR) is 57.7 cm³/mol. The number of aliphatic hydroxyl groups is 1. The first-order valence-electron chi connectivity index (χ1n) is 6.08. The predicted octanol–water partition coefficient (Wildman–Crippen LogP) is 1.73. The average Bonchev–Trinajstić information content (AvgIpc) is 2.29. The van der Waals surface area contributed by atoms with Crippen molar-refractivity contribution >= 4 is 0 Å². The van der Waals surface area contributed by atoms with Gasteiger partial charge in [-0.2, -0.15) is 0 Å². The van der Waals surface area contributed by atoms with Crippen LogP contribution in [0.15, 0.2) is 0 Å². The fraction of sp³-hybridized carbons (Fsp3) is 1.00. The second-order valence-electron chi connectivity index (χ2n) is 5.05. The molecule has 2 rings (SSSR count). The minimum atomic E-state index is -0.174. The van der Waals surface area contributed by atoms with Crippen LogP contribution < -0.4 is 0 Å². The van der Waals surface area contributed by atoms with Gasteiger partial charge >= 0.3 is 0 Å².